The average molecular weight is 385 g/mol. The van der Waals surface area contributed by atoms with Gasteiger partial charge in [-0.15, -0.1) is 22.8 Å². The number of anilines is 2. The summed E-state index contributed by atoms with van der Waals surface area (Å²) in [7, 11) is 0. The second-order valence-electron chi connectivity index (χ2n) is 5.75. The second kappa shape index (κ2) is 8.45. The fourth-order valence-electron chi connectivity index (χ4n) is 2.37. The molecule has 0 aliphatic rings. The van der Waals surface area contributed by atoms with Gasteiger partial charge in [0, 0.05) is 17.4 Å². The predicted molar refractivity (Wildman–Crippen MR) is 105 cm³/mol. The molecule has 1 aromatic heterocycles. The Bertz CT molecular complexity index is 931. The van der Waals surface area contributed by atoms with E-state index in [1.54, 1.807) is 42.1 Å². The van der Waals surface area contributed by atoms with Crippen LogP contribution in [0, 0.1) is 0 Å². The van der Waals surface area contributed by atoms with Crippen LogP contribution in [0.15, 0.2) is 60.0 Å². The molecule has 0 spiro atoms. The van der Waals surface area contributed by atoms with E-state index >= 15 is 0 Å². The second-order valence-corrected chi connectivity index (χ2v) is 6.15. The summed E-state index contributed by atoms with van der Waals surface area (Å²) in [6.07, 6.45) is 1.59. The molecule has 1 atom stereocenters. The monoisotopic (exact) mass is 385 g/mol. The molecular weight excluding hydrogens is 366 g/mol. The Labute approximate surface area is 161 Å². The third kappa shape index (κ3) is 4.91. The van der Waals surface area contributed by atoms with Crippen LogP contribution in [0.1, 0.15) is 6.92 Å². The quantitative estimate of drug-likeness (QED) is 0.349. The van der Waals surface area contributed by atoms with Crippen molar-refractivity contribution >= 4 is 30.0 Å². The molecule has 3 N–H and O–H groups in total. The highest BCUT2D eigenvalue weighted by Gasteiger charge is 2.10. The van der Waals surface area contributed by atoms with E-state index in [-0.39, 0.29) is 6.73 Å². The number of nitrogens with one attached hydrogen (secondary N) is 2. The molecule has 0 saturated heterocycles. The Morgan fingerprint density at radius 3 is 2.78 bits per heavy atom. The van der Waals surface area contributed by atoms with Crippen molar-refractivity contribution in [2.45, 2.75) is 18.1 Å². The lowest BCUT2D eigenvalue weighted by atomic mass is 10.2. The average Bonchev–Trinajstić information content (AvgIpc) is 3.08. The summed E-state index contributed by atoms with van der Waals surface area (Å²) < 4.78 is 7.46. The normalized spacial score (nSPS) is 11.6. The highest BCUT2D eigenvalue weighted by molar-refractivity contribution is 7.80. The van der Waals surface area contributed by atoms with E-state index in [2.05, 4.69) is 33.5 Å². The van der Waals surface area contributed by atoms with Crippen LogP contribution >= 0.6 is 12.6 Å². The summed E-state index contributed by atoms with van der Waals surface area (Å²) in [6.45, 7) is 1.83. The van der Waals surface area contributed by atoms with Gasteiger partial charge in [0.25, 0.3) is 0 Å². The van der Waals surface area contributed by atoms with E-state index in [0.29, 0.717) is 16.6 Å². The highest BCUT2D eigenvalue weighted by atomic mass is 32.1. The van der Waals surface area contributed by atoms with Gasteiger partial charge in [-0.3, -0.25) is 9.36 Å². The minimum Gasteiger partial charge on any atom is -0.480 e. The first-order chi connectivity index (χ1) is 13.0. The Morgan fingerprint density at radius 1 is 1.26 bits per heavy atom. The zero-order valence-electron chi connectivity index (χ0n) is 14.5. The predicted octanol–water partition coefficient (Wildman–Crippen LogP) is 2.89. The molecule has 3 rings (SSSR count). The van der Waals surface area contributed by atoms with Gasteiger partial charge in [0.05, 0.1) is 5.69 Å². The van der Waals surface area contributed by atoms with Gasteiger partial charge in [-0.1, -0.05) is 12.1 Å². The summed E-state index contributed by atoms with van der Waals surface area (Å²) in [6, 6.07) is 14.1. The molecule has 0 saturated carbocycles. The van der Waals surface area contributed by atoms with E-state index in [1.165, 1.54) is 0 Å². The van der Waals surface area contributed by atoms with Crippen molar-refractivity contribution in [3.05, 3.63) is 54.9 Å². The fourth-order valence-corrected chi connectivity index (χ4v) is 2.59. The Balaban J connectivity index is 1.59. The van der Waals surface area contributed by atoms with Crippen LogP contribution < -0.4 is 15.4 Å². The van der Waals surface area contributed by atoms with Gasteiger partial charge in [-0.25, -0.2) is 0 Å². The first-order valence-electron chi connectivity index (χ1n) is 8.18. The van der Waals surface area contributed by atoms with Crippen molar-refractivity contribution in [2.24, 2.45) is 0 Å². The molecule has 1 heterocycles. The topological polar surface area (TPSA) is 101 Å². The maximum absolute atomic E-state index is 10.9. The summed E-state index contributed by atoms with van der Waals surface area (Å²) in [5, 5.41) is 23.2. The van der Waals surface area contributed by atoms with Gasteiger partial charge in [0.15, 0.2) is 11.9 Å². The maximum Gasteiger partial charge on any atom is 0.325 e. The third-order valence-electron chi connectivity index (χ3n) is 3.76. The van der Waals surface area contributed by atoms with Crippen molar-refractivity contribution < 1.29 is 14.6 Å². The van der Waals surface area contributed by atoms with E-state index in [9.17, 15) is 4.79 Å². The maximum atomic E-state index is 10.9. The summed E-state index contributed by atoms with van der Waals surface area (Å²) in [5.41, 5.74) is 2.42. The zero-order valence-corrected chi connectivity index (χ0v) is 15.4. The number of ether oxygens (including phenoxy) is 1. The van der Waals surface area contributed by atoms with Gasteiger partial charge in [-0.2, -0.15) is 0 Å². The minimum absolute atomic E-state index is 0.247. The lowest BCUT2D eigenvalue weighted by Crippen LogP contribution is -2.25. The Morgan fingerprint density at radius 2 is 2.04 bits per heavy atom. The molecule has 0 radical (unpaired) electrons. The van der Waals surface area contributed by atoms with Gasteiger partial charge < -0.3 is 20.5 Å². The molecular formula is C18H19N5O3S. The molecule has 9 heteroatoms. The van der Waals surface area contributed by atoms with Crippen molar-refractivity contribution in [3.63, 3.8) is 0 Å². The molecule has 1 unspecified atom stereocenters. The minimum atomic E-state index is -0.916. The largest absolute Gasteiger partial charge is 0.480 e. The van der Waals surface area contributed by atoms with E-state index in [1.807, 2.05) is 24.3 Å². The fraction of sp³-hybridized carbons (Fsp3) is 0.167. The lowest BCUT2D eigenvalue weighted by molar-refractivity contribution is -0.137. The van der Waals surface area contributed by atoms with Crippen LogP contribution in [0.3, 0.4) is 0 Å². The van der Waals surface area contributed by atoms with Crippen LogP contribution in [-0.4, -0.2) is 38.6 Å². The lowest BCUT2D eigenvalue weighted by Gasteiger charge is -2.13. The summed E-state index contributed by atoms with van der Waals surface area (Å²) >= 11 is 4.26. The number of carboxylic acid groups (broad SMARTS) is 1. The number of hydrogen-bond acceptors (Lipinski definition) is 7. The molecule has 0 aliphatic heterocycles. The van der Waals surface area contributed by atoms with Crippen LogP contribution in [-0.2, 0) is 4.79 Å². The highest BCUT2D eigenvalue weighted by Crippen LogP contribution is 2.20. The molecule has 2 aromatic carbocycles. The van der Waals surface area contributed by atoms with E-state index in [4.69, 9.17) is 9.84 Å². The van der Waals surface area contributed by atoms with Crippen LogP contribution in [0.5, 0.6) is 5.75 Å². The number of hydrogen-bond donors (Lipinski definition) is 4. The van der Waals surface area contributed by atoms with Crippen molar-refractivity contribution in [3.8, 4) is 11.4 Å². The number of aromatic nitrogens is 3. The molecule has 0 aliphatic carbocycles. The number of carbonyl (C=O) groups is 1. The molecule has 140 valence electrons. The molecule has 0 fully saturated rings. The smallest absolute Gasteiger partial charge is 0.325 e. The van der Waals surface area contributed by atoms with Crippen molar-refractivity contribution in [2.75, 3.05) is 17.4 Å². The molecule has 27 heavy (non-hydrogen) atoms. The Hall–Kier alpha value is -3.20. The first-order valence-corrected chi connectivity index (χ1v) is 8.63. The van der Waals surface area contributed by atoms with Gasteiger partial charge in [-0.05, 0) is 37.3 Å². The van der Waals surface area contributed by atoms with Crippen molar-refractivity contribution in [1.82, 2.24) is 14.8 Å². The van der Waals surface area contributed by atoms with Gasteiger partial charge in [0.1, 0.15) is 18.1 Å². The number of thiol groups is 1. The number of rotatable bonds is 8. The first kappa shape index (κ1) is 18.6. The van der Waals surface area contributed by atoms with Crippen LogP contribution in [0.2, 0.25) is 0 Å². The van der Waals surface area contributed by atoms with Crippen molar-refractivity contribution in [1.29, 1.82) is 0 Å². The molecule has 0 bridgehead atoms. The standard InChI is InChI=1S/C18H19N5O3S/c1-12(17(24)25)21-14-5-3-7-16(9-14)26-11-19-13-4-2-6-15(8-13)23-10-20-22-18(23)27/h2-10,12,19,21H,11H2,1H3,(H,22,27)(H,24,25). The number of carboxylic acids is 1. The molecule has 8 nitrogen and oxygen atoms in total. The number of benzene rings is 2. The van der Waals surface area contributed by atoms with E-state index < -0.39 is 12.0 Å². The van der Waals surface area contributed by atoms with Gasteiger partial charge >= 0.3 is 5.97 Å². The third-order valence-corrected chi connectivity index (χ3v) is 4.06. The summed E-state index contributed by atoms with van der Waals surface area (Å²) in [4.78, 5) is 10.9. The summed E-state index contributed by atoms with van der Waals surface area (Å²) in [5.74, 6) is -0.293. The zero-order chi connectivity index (χ0) is 19.2. The SMILES string of the molecule is CC(Nc1cccc(OCNc2cccc(-n3cnnc3S)c2)c1)C(=O)O. The molecule has 0 amide bonds. The number of aliphatic carboxylic acids is 1. The van der Waals surface area contributed by atoms with Crippen LogP contribution in [0.25, 0.3) is 5.69 Å². The van der Waals surface area contributed by atoms with E-state index in [0.717, 1.165) is 11.4 Å². The van der Waals surface area contributed by atoms with Gasteiger partial charge in [0.2, 0.25) is 0 Å². The van der Waals surface area contributed by atoms with Crippen LogP contribution in [0.4, 0.5) is 11.4 Å². The molecule has 3 aromatic rings. The Kier molecular flexibility index (Phi) is 5.82. The number of nitrogens with zero attached hydrogens (tertiary/aromatic N) is 3.